The average molecular weight is 510 g/mol. The van der Waals surface area contributed by atoms with Crippen LogP contribution in [-0.4, -0.2) is 30.3 Å². The summed E-state index contributed by atoms with van der Waals surface area (Å²) in [5.41, 5.74) is 8.14. The Morgan fingerprint density at radius 2 is 1.94 bits per heavy atom. The van der Waals surface area contributed by atoms with E-state index < -0.39 is 16.8 Å². The molecule has 4 aromatic rings. The number of nitrogens with two attached hydrogens (primary N) is 1. The highest BCUT2D eigenvalue weighted by molar-refractivity contribution is 7.86. The number of hydrogen-bond donors (Lipinski definition) is 3. The van der Waals surface area contributed by atoms with Crippen LogP contribution in [0.3, 0.4) is 0 Å². The second kappa shape index (κ2) is 10.2. The van der Waals surface area contributed by atoms with Crippen molar-refractivity contribution in [3.05, 3.63) is 64.3 Å². The van der Waals surface area contributed by atoms with Gasteiger partial charge in [0.2, 0.25) is 0 Å². The lowest BCUT2D eigenvalue weighted by Crippen LogP contribution is -2.08. The third-order valence-corrected chi connectivity index (χ3v) is 6.62. The van der Waals surface area contributed by atoms with E-state index in [0.717, 1.165) is 0 Å². The standard InChI is InChI=1S/C20H16Cl2FN5OS.CH2O2/c1-10-6-11(21)7-15(17(10)22)30(29)27-14-5-3-4-12(18(14)23)13-8-28(2)20-16(13)19(24)25-9-26-20;2-1-3/h3-9,27H,1-2H3,(H2,24,25,26);1H,(H,2,3). The van der Waals surface area contributed by atoms with Crippen molar-refractivity contribution in [1.29, 1.82) is 0 Å². The summed E-state index contributed by atoms with van der Waals surface area (Å²) < 4.78 is 32.7. The number of benzene rings is 2. The van der Waals surface area contributed by atoms with E-state index in [4.69, 9.17) is 38.8 Å². The van der Waals surface area contributed by atoms with Gasteiger partial charge in [-0.2, -0.15) is 0 Å². The molecule has 172 valence electrons. The van der Waals surface area contributed by atoms with Gasteiger partial charge in [0.1, 0.15) is 17.8 Å². The van der Waals surface area contributed by atoms with E-state index in [-0.39, 0.29) is 28.4 Å². The van der Waals surface area contributed by atoms with Crippen molar-refractivity contribution in [3.8, 4) is 11.1 Å². The Bertz CT molecular complexity index is 1380. The minimum absolute atomic E-state index is 0.0481. The number of nitrogens with one attached hydrogen (secondary N) is 1. The highest BCUT2D eigenvalue weighted by Crippen LogP contribution is 2.36. The van der Waals surface area contributed by atoms with Crippen LogP contribution in [0.1, 0.15) is 5.56 Å². The molecule has 4 rings (SSSR count). The van der Waals surface area contributed by atoms with Gasteiger partial charge in [0.15, 0.2) is 16.8 Å². The van der Waals surface area contributed by atoms with Crippen LogP contribution in [0.2, 0.25) is 10.0 Å². The number of anilines is 2. The van der Waals surface area contributed by atoms with Crippen LogP contribution in [0, 0.1) is 12.7 Å². The lowest BCUT2D eigenvalue weighted by Gasteiger charge is -2.12. The van der Waals surface area contributed by atoms with Crippen LogP contribution < -0.4 is 10.5 Å². The molecular formula is C21H18Cl2FN5O3S. The van der Waals surface area contributed by atoms with Crippen LogP contribution in [0.15, 0.2) is 47.8 Å². The van der Waals surface area contributed by atoms with E-state index in [1.807, 2.05) is 0 Å². The third-order valence-electron chi connectivity index (χ3n) is 4.66. The maximum Gasteiger partial charge on any atom is 0.290 e. The first-order chi connectivity index (χ1) is 15.7. The first kappa shape index (κ1) is 24.4. The van der Waals surface area contributed by atoms with Gasteiger partial charge in [-0.15, -0.1) is 0 Å². The van der Waals surface area contributed by atoms with Crippen LogP contribution in [0.25, 0.3) is 22.2 Å². The second-order valence-electron chi connectivity index (χ2n) is 6.79. The Morgan fingerprint density at radius 1 is 1.24 bits per heavy atom. The van der Waals surface area contributed by atoms with Crippen molar-refractivity contribution in [2.75, 3.05) is 10.5 Å². The van der Waals surface area contributed by atoms with Crippen molar-refractivity contribution in [2.24, 2.45) is 7.05 Å². The lowest BCUT2D eigenvalue weighted by molar-refractivity contribution is -0.122. The monoisotopic (exact) mass is 509 g/mol. The topological polar surface area (TPSA) is 123 Å². The van der Waals surface area contributed by atoms with E-state index in [2.05, 4.69) is 14.7 Å². The molecule has 33 heavy (non-hydrogen) atoms. The number of nitrogen functional groups attached to an aromatic ring is 1. The summed E-state index contributed by atoms with van der Waals surface area (Å²) in [5.74, 6) is -0.338. The van der Waals surface area contributed by atoms with Gasteiger partial charge in [-0.1, -0.05) is 35.3 Å². The SMILES string of the molecule is Cc1cc(Cl)cc(S(=O)Nc2cccc(-c3cn(C)c4ncnc(N)c34)c2F)c1Cl.O=CO. The Morgan fingerprint density at radius 3 is 2.64 bits per heavy atom. The van der Waals surface area contributed by atoms with Crippen LogP contribution >= 0.6 is 23.2 Å². The molecule has 0 fully saturated rings. The maximum atomic E-state index is 15.4. The molecule has 0 saturated heterocycles. The summed E-state index contributed by atoms with van der Waals surface area (Å²) in [4.78, 5) is 16.9. The highest BCUT2D eigenvalue weighted by Gasteiger charge is 2.20. The molecule has 2 aromatic carbocycles. The van der Waals surface area contributed by atoms with Crippen LogP contribution in [-0.2, 0) is 22.8 Å². The van der Waals surface area contributed by atoms with E-state index in [9.17, 15) is 4.21 Å². The number of rotatable bonds is 4. The fraction of sp³-hybridized carbons (Fsp3) is 0.0952. The van der Waals surface area contributed by atoms with Crippen molar-refractivity contribution < 1.29 is 18.5 Å². The lowest BCUT2D eigenvalue weighted by atomic mass is 10.0. The molecular weight excluding hydrogens is 492 g/mol. The predicted molar refractivity (Wildman–Crippen MR) is 128 cm³/mol. The quantitative estimate of drug-likeness (QED) is 0.339. The summed E-state index contributed by atoms with van der Waals surface area (Å²) >= 11 is 12.3. The molecule has 2 aromatic heterocycles. The van der Waals surface area contributed by atoms with Gasteiger partial charge >= 0.3 is 0 Å². The van der Waals surface area contributed by atoms with E-state index in [1.54, 1.807) is 42.9 Å². The summed E-state index contributed by atoms with van der Waals surface area (Å²) in [6, 6.07) is 7.92. The fourth-order valence-corrected chi connectivity index (χ4v) is 4.92. The number of hydrogen-bond acceptors (Lipinski definition) is 5. The van der Waals surface area contributed by atoms with Gasteiger partial charge in [-0.05, 0) is 30.7 Å². The number of carbonyl (C=O) groups is 1. The largest absolute Gasteiger partial charge is 0.483 e. The molecule has 2 heterocycles. The fourth-order valence-electron chi connectivity index (χ4n) is 3.24. The summed E-state index contributed by atoms with van der Waals surface area (Å²) in [6.45, 7) is 1.50. The first-order valence-corrected chi connectivity index (χ1v) is 11.2. The number of aryl methyl sites for hydroxylation is 2. The number of nitrogens with zero attached hydrogens (tertiary/aromatic N) is 3. The average Bonchev–Trinajstić information content (AvgIpc) is 3.10. The zero-order chi connectivity index (χ0) is 24.3. The Hall–Kier alpha value is -3.21. The van der Waals surface area contributed by atoms with Gasteiger partial charge in [-0.3, -0.25) is 9.52 Å². The molecule has 4 N–H and O–H groups in total. The number of aromatic nitrogens is 3. The summed E-state index contributed by atoms with van der Waals surface area (Å²) in [6.07, 6.45) is 3.09. The molecule has 0 aliphatic carbocycles. The van der Waals surface area contributed by atoms with Crippen molar-refractivity contribution >= 4 is 63.2 Å². The molecule has 1 unspecified atom stereocenters. The van der Waals surface area contributed by atoms with Gasteiger partial charge in [-0.25, -0.2) is 18.6 Å². The molecule has 0 bridgehead atoms. The molecule has 0 aliphatic rings. The Kier molecular flexibility index (Phi) is 7.52. The van der Waals surface area contributed by atoms with Crippen LogP contribution in [0.4, 0.5) is 15.9 Å². The molecule has 0 radical (unpaired) electrons. The van der Waals surface area contributed by atoms with Crippen LogP contribution in [0.5, 0.6) is 0 Å². The van der Waals surface area contributed by atoms with Gasteiger partial charge < -0.3 is 15.4 Å². The van der Waals surface area contributed by atoms with Gasteiger partial charge in [0.05, 0.1) is 21.0 Å². The van der Waals surface area contributed by atoms with Crippen molar-refractivity contribution in [3.63, 3.8) is 0 Å². The van der Waals surface area contributed by atoms with Crippen molar-refractivity contribution in [1.82, 2.24) is 14.5 Å². The summed E-state index contributed by atoms with van der Waals surface area (Å²) in [5, 5.41) is 8.13. The molecule has 0 amide bonds. The Labute approximate surface area is 200 Å². The maximum absolute atomic E-state index is 15.4. The molecule has 0 aliphatic heterocycles. The number of fused-ring (bicyclic) bond motifs is 1. The number of carboxylic acid groups (broad SMARTS) is 1. The van der Waals surface area contributed by atoms with Gasteiger partial charge in [0, 0.05) is 29.4 Å². The van der Waals surface area contributed by atoms with E-state index >= 15 is 4.39 Å². The smallest absolute Gasteiger partial charge is 0.290 e. The molecule has 8 nitrogen and oxygen atoms in total. The predicted octanol–water partition coefficient (Wildman–Crippen LogP) is 4.81. The molecule has 0 spiro atoms. The van der Waals surface area contributed by atoms with Gasteiger partial charge in [0.25, 0.3) is 6.47 Å². The Balaban J connectivity index is 0.000000968. The minimum Gasteiger partial charge on any atom is -0.483 e. The highest BCUT2D eigenvalue weighted by atomic mass is 35.5. The third kappa shape index (κ3) is 4.92. The normalized spacial score (nSPS) is 11.5. The zero-order valence-electron chi connectivity index (χ0n) is 17.3. The van der Waals surface area contributed by atoms with E-state index in [1.165, 1.54) is 18.5 Å². The molecule has 1 atom stereocenters. The molecule has 0 saturated carbocycles. The zero-order valence-corrected chi connectivity index (χ0v) is 19.7. The van der Waals surface area contributed by atoms with Crippen molar-refractivity contribution in [2.45, 2.75) is 11.8 Å². The van der Waals surface area contributed by atoms with E-state index in [0.29, 0.717) is 32.2 Å². The first-order valence-electron chi connectivity index (χ1n) is 9.25. The molecule has 12 heteroatoms. The summed E-state index contributed by atoms with van der Waals surface area (Å²) in [7, 11) is -0.0402. The number of halogens is 3. The second-order valence-corrected chi connectivity index (χ2v) is 8.79. The minimum atomic E-state index is -1.83.